The van der Waals surface area contributed by atoms with E-state index in [0.717, 1.165) is 65.0 Å². The van der Waals surface area contributed by atoms with Crippen LogP contribution in [0.25, 0.3) is 0 Å². The zero-order valence-corrected chi connectivity index (χ0v) is 14.3. The van der Waals surface area contributed by atoms with Gasteiger partial charge in [0.15, 0.2) is 0 Å². The minimum Gasteiger partial charge on any atom is -0.341 e. The van der Waals surface area contributed by atoms with Crippen molar-refractivity contribution < 1.29 is 9.59 Å². The van der Waals surface area contributed by atoms with E-state index in [1.807, 2.05) is 4.90 Å². The maximum atomic E-state index is 12.7. The smallest absolute Gasteiger partial charge is 0.317 e. The fourth-order valence-corrected chi connectivity index (χ4v) is 4.13. The summed E-state index contributed by atoms with van der Waals surface area (Å²) in [5.74, 6) is 0.296. The Balaban J connectivity index is 1.50. The number of carbonyl (C=O) groups excluding carboxylic acids is 2. The molecule has 0 aliphatic carbocycles. The summed E-state index contributed by atoms with van der Waals surface area (Å²) in [5, 5.41) is 2.88. The Kier molecular flexibility index (Phi) is 5.41. The normalized spacial score (nSPS) is 26.0. The Hall–Kier alpha value is -1.30. The van der Waals surface area contributed by atoms with Gasteiger partial charge in [0.25, 0.3) is 0 Å². The van der Waals surface area contributed by atoms with Gasteiger partial charge in [-0.3, -0.25) is 9.69 Å². The third kappa shape index (κ3) is 3.79. The Morgan fingerprint density at radius 2 is 1.70 bits per heavy atom. The summed E-state index contributed by atoms with van der Waals surface area (Å²) in [6, 6.07) is 0.396. The molecule has 0 aromatic rings. The molecule has 3 saturated heterocycles. The number of hydrogen-bond acceptors (Lipinski definition) is 3. The molecule has 1 atom stereocenters. The molecule has 3 amide bonds. The highest BCUT2D eigenvalue weighted by Crippen LogP contribution is 2.21. The zero-order chi connectivity index (χ0) is 16.2. The van der Waals surface area contributed by atoms with Gasteiger partial charge in [0.05, 0.1) is 6.04 Å². The average molecular weight is 322 g/mol. The first kappa shape index (κ1) is 16.6. The van der Waals surface area contributed by atoms with E-state index in [1.165, 1.54) is 12.8 Å². The number of nitrogens with zero attached hydrogens (tertiary/aromatic N) is 3. The first-order valence-corrected chi connectivity index (χ1v) is 9.24. The molecule has 0 aromatic heterocycles. The average Bonchev–Trinajstić information content (AvgIpc) is 2.84. The van der Waals surface area contributed by atoms with Gasteiger partial charge in [0.1, 0.15) is 0 Å². The first-order valence-electron chi connectivity index (χ1n) is 9.24. The molecule has 6 nitrogen and oxygen atoms in total. The van der Waals surface area contributed by atoms with Crippen molar-refractivity contribution >= 4 is 11.9 Å². The molecule has 3 aliphatic rings. The Morgan fingerprint density at radius 1 is 1.04 bits per heavy atom. The molecule has 0 bridgehead atoms. The van der Waals surface area contributed by atoms with Crippen LogP contribution < -0.4 is 5.32 Å². The number of carbonyl (C=O) groups is 2. The van der Waals surface area contributed by atoms with Gasteiger partial charge < -0.3 is 15.1 Å². The molecule has 0 saturated carbocycles. The third-order valence-corrected chi connectivity index (χ3v) is 5.65. The fraction of sp³-hybridized carbons (Fsp3) is 0.882. The summed E-state index contributed by atoms with van der Waals surface area (Å²) < 4.78 is 0. The molecule has 1 N–H and O–H groups in total. The third-order valence-electron chi connectivity index (χ3n) is 5.65. The van der Waals surface area contributed by atoms with E-state index in [1.54, 1.807) is 0 Å². The fourth-order valence-electron chi connectivity index (χ4n) is 4.13. The Bertz CT molecular complexity index is 426. The summed E-state index contributed by atoms with van der Waals surface area (Å²) in [5.41, 5.74) is 0. The van der Waals surface area contributed by atoms with Gasteiger partial charge in [-0.05, 0) is 32.6 Å². The number of likely N-dealkylation sites (tertiary alicyclic amines) is 2. The van der Waals surface area contributed by atoms with Gasteiger partial charge in [-0.1, -0.05) is 12.8 Å². The quantitative estimate of drug-likeness (QED) is 0.851. The van der Waals surface area contributed by atoms with Crippen LogP contribution in [0.1, 0.15) is 45.4 Å². The second kappa shape index (κ2) is 7.51. The van der Waals surface area contributed by atoms with Crippen LogP contribution in [0.15, 0.2) is 0 Å². The van der Waals surface area contributed by atoms with E-state index in [0.29, 0.717) is 11.9 Å². The first-order chi connectivity index (χ1) is 11.2. The molecule has 0 spiro atoms. The molecule has 3 rings (SSSR count). The van der Waals surface area contributed by atoms with Crippen LogP contribution in [0.3, 0.4) is 0 Å². The molecule has 23 heavy (non-hydrogen) atoms. The number of hydrogen-bond donors (Lipinski definition) is 1. The minimum atomic E-state index is -0.0264. The van der Waals surface area contributed by atoms with Crippen LogP contribution in [0.5, 0.6) is 0 Å². The monoisotopic (exact) mass is 322 g/mol. The highest BCUT2D eigenvalue weighted by atomic mass is 16.2. The lowest BCUT2D eigenvalue weighted by molar-refractivity contribution is -0.137. The van der Waals surface area contributed by atoms with Crippen LogP contribution in [0.4, 0.5) is 4.79 Å². The molecule has 3 aliphatic heterocycles. The predicted molar refractivity (Wildman–Crippen MR) is 89.2 cm³/mol. The van der Waals surface area contributed by atoms with Crippen molar-refractivity contribution in [2.45, 2.75) is 57.5 Å². The van der Waals surface area contributed by atoms with Crippen molar-refractivity contribution in [2.75, 3.05) is 39.3 Å². The molecular weight excluding hydrogens is 292 g/mol. The van der Waals surface area contributed by atoms with Crippen LogP contribution in [-0.2, 0) is 4.79 Å². The molecule has 3 heterocycles. The maximum Gasteiger partial charge on any atom is 0.317 e. The standard InChI is InChI=1S/C17H30N4O2/c1-14(16(22)20-9-4-2-3-5-10-20)19-11-6-15(7-12-19)21-13-8-18-17(21)23/h14-15H,2-13H2,1H3,(H,18,23). The van der Waals surface area contributed by atoms with Crippen molar-refractivity contribution in [1.82, 2.24) is 20.0 Å². The van der Waals surface area contributed by atoms with Crippen LogP contribution >= 0.6 is 0 Å². The van der Waals surface area contributed by atoms with Crippen LogP contribution in [0.2, 0.25) is 0 Å². The van der Waals surface area contributed by atoms with Gasteiger partial charge in [-0.2, -0.15) is 0 Å². The number of amides is 3. The van der Waals surface area contributed by atoms with Crippen molar-refractivity contribution in [3.05, 3.63) is 0 Å². The van der Waals surface area contributed by atoms with Crippen molar-refractivity contribution in [1.29, 1.82) is 0 Å². The topological polar surface area (TPSA) is 55.9 Å². The van der Waals surface area contributed by atoms with Gasteiger partial charge in [0, 0.05) is 45.3 Å². The van der Waals surface area contributed by atoms with Gasteiger partial charge in [-0.15, -0.1) is 0 Å². The van der Waals surface area contributed by atoms with Gasteiger partial charge in [0.2, 0.25) is 5.91 Å². The van der Waals surface area contributed by atoms with E-state index in [9.17, 15) is 9.59 Å². The summed E-state index contributed by atoms with van der Waals surface area (Å²) in [6.45, 7) is 7.32. The summed E-state index contributed by atoms with van der Waals surface area (Å²) in [6.07, 6.45) is 6.74. The number of piperidine rings is 1. The van der Waals surface area contributed by atoms with Crippen LogP contribution in [0, 0.1) is 0 Å². The highest BCUT2D eigenvalue weighted by molar-refractivity contribution is 5.81. The molecule has 130 valence electrons. The lowest BCUT2D eigenvalue weighted by atomic mass is 10.0. The van der Waals surface area contributed by atoms with Crippen molar-refractivity contribution in [2.24, 2.45) is 0 Å². The molecule has 3 fully saturated rings. The number of nitrogens with one attached hydrogen (secondary N) is 1. The molecular formula is C17H30N4O2. The van der Waals surface area contributed by atoms with Gasteiger partial charge >= 0.3 is 6.03 Å². The molecule has 0 radical (unpaired) electrons. The van der Waals surface area contributed by atoms with Crippen LogP contribution in [-0.4, -0.2) is 78.0 Å². The second-order valence-corrected chi connectivity index (χ2v) is 7.11. The van der Waals surface area contributed by atoms with E-state index >= 15 is 0 Å². The summed E-state index contributed by atoms with van der Waals surface area (Å²) in [4.78, 5) is 30.9. The predicted octanol–water partition coefficient (Wildman–Crippen LogP) is 1.27. The molecule has 0 aromatic carbocycles. The largest absolute Gasteiger partial charge is 0.341 e. The number of urea groups is 1. The SMILES string of the molecule is CC(C(=O)N1CCCCCC1)N1CCC(N2CCNC2=O)CC1. The van der Waals surface area contributed by atoms with E-state index in [-0.39, 0.29) is 12.1 Å². The second-order valence-electron chi connectivity index (χ2n) is 7.11. The van der Waals surface area contributed by atoms with Crippen molar-refractivity contribution in [3.8, 4) is 0 Å². The summed E-state index contributed by atoms with van der Waals surface area (Å²) in [7, 11) is 0. The molecule has 1 unspecified atom stereocenters. The molecule has 6 heteroatoms. The zero-order valence-electron chi connectivity index (χ0n) is 14.3. The Morgan fingerprint density at radius 3 is 2.26 bits per heavy atom. The van der Waals surface area contributed by atoms with E-state index < -0.39 is 0 Å². The lowest BCUT2D eigenvalue weighted by Gasteiger charge is -2.39. The lowest BCUT2D eigenvalue weighted by Crippen LogP contribution is -2.53. The number of rotatable bonds is 3. The van der Waals surface area contributed by atoms with E-state index in [2.05, 4.69) is 22.0 Å². The minimum absolute atomic E-state index is 0.0264. The highest BCUT2D eigenvalue weighted by Gasteiger charge is 2.34. The Labute approximate surface area is 139 Å². The van der Waals surface area contributed by atoms with Crippen molar-refractivity contribution in [3.63, 3.8) is 0 Å². The maximum absolute atomic E-state index is 12.7. The summed E-state index contributed by atoms with van der Waals surface area (Å²) >= 11 is 0. The van der Waals surface area contributed by atoms with Gasteiger partial charge in [-0.25, -0.2) is 4.79 Å². The van der Waals surface area contributed by atoms with E-state index in [4.69, 9.17) is 0 Å².